The van der Waals surface area contributed by atoms with Crippen molar-refractivity contribution in [1.29, 1.82) is 0 Å². The molecule has 5 heteroatoms. The van der Waals surface area contributed by atoms with Crippen LogP contribution in [-0.4, -0.2) is 9.97 Å². The highest BCUT2D eigenvalue weighted by Gasteiger charge is 2.06. The van der Waals surface area contributed by atoms with Crippen molar-refractivity contribution in [3.63, 3.8) is 0 Å². The van der Waals surface area contributed by atoms with Gasteiger partial charge in [-0.3, -0.25) is 4.79 Å². The summed E-state index contributed by atoms with van der Waals surface area (Å²) in [5, 5.41) is 3.90. The zero-order valence-corrected chi connectivity index (χ0v) is 9.78. The van der Waals surface area contributed by atoms with E-state index < -0.39 is 0 Å². The number of nitrogens with zero attached hydrogens (tertiary/aromatic N) is 1. The fraction of sp³-hybridized carbons (Fsp3) is 0.111. The van der Waals surface area contributed by atoms with Crippen molar-refractivity contribution in [2.75, 3.05) is 0 Å². The Kier molecular flexibility index (Phi) is 2.52. The van der Waals surface area contributed by atoms with Gasteiger partial charge in [-0.25, -0.2) is 4.98 Å². The van der Waals surface area contributed by atoms with Gasteiger partial charge in [0.2, 0.25) is 0 Å². The molecule has 0 atom stereocenters. The number of nitrogens with one attached hydrogen (secondary N) is 1. The minimum Gasteiger partial charge on any atom is -0.306 e. The quantitative estimate of drug-likeness (QED) is 0.866. The largest absolute Gasteiger partial charge is 0.306 e. The van der Waals surface area contributed by atoms with Crippen molar-refractivity contribution in [2.45, 2.75) is 6.92 Å². The van der Waals surface area contributed by atoms with E-state index in [1.165, 1.54) is 0 Å². The maximum atomic E-state index is 11.4. The number of H-pyrrole nitrogens is 1. The molecule has 0 amide bonds. The van der Waals surface area contributed by atoms with Crippen LogP contribution >= 0.6 is 27.3 Å². The van der Waals surface area contributed by atoms with Gasteiger partial charge in [0.15, 0.2) is 0 Å². The van der Waals surface area contributed by atoms with Crippen LogP contribution in [0.15, 0.2) is 26.1 Å². The molecule has 0 unspecified atom stereocenters. The van der Waals surface area contributed by atoms with E-state index in [0.717, 1.165) is 5.56 Å². The standard InChI is InChI=1S/C9H7BrN2OS/c1-5-7(10)9(13)12-8(11-5)6-2-3-14-4-6/h2-4H,1H3,(H,11,12,13). The maximum absolute atomic E-state index is 11.4. The lowest BCUT2D eigenvalue weighted by Gasteiger charge is -2.00. The number of rotatable bonds is 1. The molecule has 2 aromatic rings. The van der Waals surface area contributed by atoms with Crippen LogP contribution in [0.4, 0.5) is 0 Å². The molecule has 0 saturated heterocycles. The van der Waals surface area contributed by atoms with Gasteiger partial charge in [-0.15, -0.1) is 0 Å². The van der Waals surface area contributed by atoms with E-state index in [-0.39, 0.29) is 5.56 Å². The van der Waals surface area contributed by atoms with Gasteiger partial charge in [-0.05, 0) is 34.3 Å². The molecule has 2 heterocycles. The van der Waals surface area contributed by atoms with Crippen LogP contribution in [0.1, 0.15) is 5.69 Å². The molecule has 0 saturated carbocycles. The number of hydrogen-bond acceptors (Lipinski definition) is 3. The van der Waals surface area contributed by atoms with Gasteiger partial charge >= 0.3 is 0 Å². The Morgan fingerprint density at radius 2 is 2.36 bits per heavy atom. The topological polar surface area (TPSA) is 45.8 Å². The van der Waals surface area contributed by atoms with E-state index in [1.54, 1.807) is 18.3 Å². The van der Waals surface area contributed by atoms with Gasteiger partial charge < -0.3 is 4.98 Å². The van der Waals surface area contributed by atoms with Crippen LogP contribution in [0.3, 0.4) is 0 Å². The van der Waals surface area contributed by atoms with Crippen molar-refractivity contribution in [1.82, 2.24) is 9.97 Å². The van der Waals surface area contributed by atoms with Gasteiger partial charge in [0.25, 0.3) is 5.56 Å². The van der Waals surface area contributed by atoms with Gasteiger partial charge in [0.1, 0.15) is 10.3 Å². The molecule has 0 fully saturated rings. The average Bonchev–Trinajstić information content (AvgIpc) is 2.66. The number of hydrogen-bond donors (Lipinski definition) is 1. The normalized spacial score (nSPS) is 10.4. The average molecular weight is 271 g/mol. The van der Waals surface area contributed by atoms with Gasteiger partial charge in [0.05, 0.1) is 5.69 Å². The Bertz CT molecular complexity index is 504. The monoisotopic (exact) mass is 270 g/mol. The molecule has 3 nitrogen and oxygen atoms in total. The fourth-order valence-corrected chi connectivity index (χ4v) is 1.94. The predicted molar refractivity (Wildman–Crippen MR) is 60.6 cm³/mol. The van der Waals surface area contributed by atoms with Crippen molar-refractivity contribution >= 4 is 27.3 Å². The molecule has 0 bridgehead atoms. The van der Waals surface area contributed by atoms with Crippen LogP contribution in [0.2, 0.25) is 0 Å². The van der Waals surface area contributed by atoms with Gasteiger partial charge in [0, 0.05) is 10.9 Å². The molecule has 14 heavy (non-hydrogen) atoms. The molecule has 0 radical (unpaired) electrons. The summed E-state index contributed by atoms with van der Waals surface area (Å²) in [6.45, 7) is 1.80. The summed E-state index contributed by atoms with van der Waals surface area (Å²) in [5.74, 6) is 0.622. The molecule has 72 valence electrons. The second-order valence-corrected chi connectivity index (χ2v) is 4.40. The zero-order valence-electron chi connectivity index (χ0n) is 7.37. The first-order valence-corrected chi connectivity index (χ1v) is 5.71. The first-order valence-electron chi connectivity index (χ1n) is 3.97. The van der Waals surface area contributed by atoms with E-state index in [1.807, 2.05) is 16.8 Å². The van der Waals surface area contributed by atoms with E-state index in [0.29, 0.717) is 16.0 Å². The SMILES string of the molecule is Cc1nc(-c2ccsc2)[nH]c(=O)c1Br. The third-order valence-corrected chi connectivity index (χ3v) is 3.44. The van der Waals surface area contributed by atoms with Crippen LogP contribution < -0.4 is 5.56 Å². The summed E-state index contributed by atoms with van der Waals surface area (Å²) in [6.07, 6.45) is 0. The second-order valence-electron chi connectivity index (χ2n) is 2.83. The Morgan fingerprint density at radius 3 is 2.93 bits per heavy atom. The predicted octanol–water partition coefficient (Wildman–Crippen LogP) is 2.57. The summed E-state index contributed by atoms with van der Waals surface area (Å²) in [6, 6.07) is 1.93. The van der Waals surface area contributed by atoms with Crippen molar-refractivity contribution in [2.24, 2.45) is 0 Å². The first kappa shape index (κ1) is 9.61. The molecule has 1 N–H and O–H groups in total. The van der Waals surface area contributed by atoms with Crippen molar-refractivity contribution < 1.29 is 0 Å². The molecule has 2 aromatic heterocycles. The minimum absolute atomic E-state index is 0.140. The maximum Gasteiger partial charge on any atom is 0.265 e. The lowest BCUT2D eigenvalue weighted by molar-refractivity contribution is 1.06. The summed E-state index contributed by atoms with van der Waals surface area (Å²) >= 11 is 4.75. The molecule has 0 aromatic carbocycles. The number of aryl methyl sites for hydroxylation is 1. The fourth-order valence-electron chi connectivity index (χ4n) is 1.11. The minimum atomic E-state index is -0.140. The first-order chi connectivity index (χ1) is 6.68. The number of aromatic amines is 1. The summed E-state index contributed by atoms with van der Waals surface area (Å²) < 4.78 is 0.497. The molecule has 0 aliphatic rings. The lowest BCUT2D eigenvalue weighted by Crippen LogP contribution is -2.11. The van der Waals surface area contributed by atoms with Crippen LogP contribution in [0.25, 0.3) is 11.4 Å². The second kappa shape index (κ2) is 3.67. The van der Waals surface area contributed by atoms with Crippen molar-refractivity contribution in [3.8, 4) is 11.4 Å². The van der Waals surface area contributed by atoms with E-state index in [4.69, 9.17) is 0 Å². The number of halogens is 1. The summed E-state index contributed by atoms with van der Waals surface area (Å²) in [5.41, 5.74) is 1.51. The lowest BCUT2D eigenvalue weighted by atomic mass is 10.3. The summed E-state index contributed by atoms with van der Waals surface area (Å²) in [4.78, 5) is 18.4. The van der Waals surface area contributed by atoms with E-state index in [2.05, 4.69) is 25.9 Å². The van der Waals surface area contributed by atoms with Gasteiger partial charge in [-0.2, -0.15) is 11.3 Å². The molecular weight excluding hydrogens is 264 g/mol. The summed E-state index contributed by atoms with van der Waals surface area (Å²) in [7, 11) is 0. The third-order valence-electron chi connectivity index (χ3n) is 1.82. The Balaban J connectivity index is 2.63. The Labute approximate surface area is 93.0 Å². The smallest absolute Gasteiger partial charge is 0.265 e. The highest BCUT2D eigenvalue weighted by Crippen LogP contribution is 2.18. The number of aromatic nitrogens is 2. The molecule has 2 rings (SSSR count). The van der Waals surface area contributed by atoms with Crippen LogP contribution in [0, 0.1) is 6.92 Å². The van der Waals surface area contributed by atoms with Crippen LogP contribution in [0.5, 0.6) is 0 Å². The Morgan fingerprint density at radius 1 is 1.57 bits per heavy atom. The molecule has 0 aliphatic heterocycles. The number of thiophene rings is 1. The highest BCUT2D eigenvalue weighted by molar-refractivity contribution is 9.10. The van der Waals surface area contributed by atoms with Crippen molar-refractivity contribution in [3.05, 3.63) is 37.3 Å². The van der Waals surface area contributed by atoms with Gasteiger partial charge in [-0.1, -0.05) is 0 Å². The van der Waals surface area contributed by atoms with E-state index >= 15 is 0 Å². The molecule has 0 spiro atoms. The highest BCUT2D eigenvalue weighted by atomic mass is 79.9. The van der Waals surface area contributed by atoms with E-state index in [9.17, 15) is 4.79 Å². The molecule has 0 aliphatic carbocycles. The molecular formula is C9H7BrN2OS. The Hall–Kier alpha value is -0.940. The van der Waals surface area contributed by atoms with Crippen LogP contribution in [-0.2, 0) is 0 Å². The zero-order chi connectivity index (χ0) is 10.1. The third kappa shape index (κ3) is 1.65.